The standard InChI is InChI=1S/C27H30N2O3/c1-21(16-22(2)30)17-25-8-6-23(7-9-25)4-5-24-10-12-27(13-11-24)32-19-26-18-28-20-29(26)14-15-31-3/h6-13,18,20-21H,14-17,19H2,1-3H3. The highest BCUT2D eigenvalue weighted by molar-refractivity contribution is 5.75. The van der Waals surface area contributed by atoms with E-state index in [2.05, 4.69) is 35.9 Å². The van der Waals surface area contributed by atoms with E-state index in [1.165, 1.54) is 5.56 Å². The Balaban J connectivity index is 1.53. The lowest BCUT2D eigenvalue weighted by Gasteiger charge is -2.09. The summed E-state index contributed by atoms with van der Waals surface area (Å²) in [5, 5.41) is 0. The van der Waals surface area contributed by atoms with Crippen LogP contribution in [0.2, 0.25) is 0 Å². The first-order valence-electron chi connectivity index (χ1n) is 10.8. The molecule has 0 fully saturated rings. The van der Waals surface area contributed by atoms with Crippen LogP contribution in [0.15, 0.2) is 61.1 Å². The minimum atomic E-state index is 0.241. The molecule has 1 aromatic heterocycles. The molecule has 0 bridgehead atoms. The molecule has 5 heteroatoms. The van der Waals surface area contributed by atoms with Crippen LogP contribution < -0.4 is 4.74 Å². The molecular weight excluding hydrogens is 400 g/mol. The molecule has 0 aliphatic rings. The van der Waals surface area contributed by atoms with Crippen molar-refractivity contribution in [1.82, 2.24) is 9.55 Å². The Morgan fingerprint density at radius 2 is 1.72 bits per heavy atom. The molecule has 0 N–H and O–H groups in total. The minimum absolute atomic E-state index is 0.241. The van der Waals surface area contributed by atoms with Crippen molar-refractivity contribution in [3.05, 3.63) is 83.4 Å². The Labute approximate surface area is 190 Å². The van der Waals surface area contributed by atoms with Gasteiger partial charge in [0.2, 0.25) is 0 Å². The van der Waals surface area contributed by atoms with E-state index >= 15 is 0 Å². The second-order valence-electron chi connectivity index (χ2n) is 8.05. The summed E-state index contributed by atoms with van der Waals surface area (Å²) in [7, 11) is 1.69. The fourth-order valence-electron chi connectivity index (χ4n) is 3.48. The van der Waals surface area contributed by atoms with Crippen LogP contribution in [0.4, 0.5) is 0 Å². The number of hydrogen-bond acceptors (Lipinski definition) is 4. The molecular formula is C27H30N2O3. The van der Waals surface area contributed by atoms with Gasteiger partial charge in [0.05, 0.1) is 24.8 Å². The number of hydrogen-bond donors (Lipinski definition) is 0. The van der Waals surface area contributed by atoms with Crippen LogP contribution in [-0.2, 0) is 29.1 Å². The van der Waals surface area contributed by atoms with Crippen molar-refractivity contribution in [2.75, 3.05) is 13.7 Å². The Bertz CT molecular complexity index is 1060. The van der Waals surface area contributed by atoms with E-state index in [0.29, 0.717) is 25.6 Å². The first-order chi connectivity index (χ1) is 15.5. The van der Waals surface area contributed by atoms with Crippen molar-refractivity contribution in [1.29, 1.82) is 0 Å². The third-order valence-corrected chi connectivity index (χ3v) is 5.10. The van der Waals surface area contributed by atoms with Gasteiger partial charge in [-0.15, -0.1) is 0 Å². The van der Waals surface area contributed by atoms with Gasteiger partial charge >= 0.3 is 0 Å². The summed E-state index contributed by atoms with van der Waals surface area (Å²) in [4.78, 5) is 15.4. The predicted octanol–water partition coefficient (Wildman–Crippen LogP) is 4.67. The maximum atomic E-state index is 11.2. The zero-order valence-corrected chi connectivity index (χ0v) is 19.0. The second kappa shape index (κ2) is 11.9. The first kappa shape index (κ1) is 23.3. The van der Waals surface area contributed by atoms with Crippen LogP contribution in [0.1, 0.15) is 42.7 Å². The first-order valence-corrected chi connectivity index (χ1v) is 10.8. The zero-order chi connectivity index (χ0) is 22.8. The molecule has 0 spiro atoms. The monoisotopic (exact) mass is 430 g/mol. The van der Waals surface area contributed by atoms with Gasteiger partial charge in [0, 0.05) is 31.2 Å². The highest BCUT2D eigenvalue weighted by Crippen LogP contribution is 2.15. The number of Topliss-reactive ketones (excluding diaryl/α,β-unsaturated/α-hetero) is 1. The number of carbonyl (C=O) groups excluding carboxylic acids is 1. The summed E-state index contributed by atoms with van der Waals surface area (Å²) in [6.07, 6.45) is 5.13. The summed E-state index contributed by atoms with van der Waals surface area (Å²) < 4.78 is 13.0. The molecule has 3 rings (SSSR count). The van der Waals surface area contributed by atoms with E-state index in [1.54, 1.807) is 20.4 Å². The Kier molecular flexibility index (Phi) is 8.65. The maximum Gasteiger partial charge on any atom is 0.130 e. The number of rotatable bonds is 10. The third kappa shape index (κ3) is 7.40. The molecule has 2 aromatic carbocycles. The molecule has 32 heavy (non-hydrogen) atoms. The number of nitrogens with zero attached hydrogens (tertiary/aromatic N) is 2. The summed E-state index contributed by atoms with van der Waals surface area (Å²) in [6, 6.07) is 16.0. The summed E-state index contributed by atoms with van der Waals surface area (Å²) in [5.74, 6) is 7.79. The molecule has 1 unspecified atom stereocenters. The maximum absolute atomic E-state index is 11.2. The van der Waals surface area contributed by atoms with Crippen molar-refractivity contribution in [3.8, 4) is 17.6 Å². The number of ketones is 1. The van der Waals surface area contributed by atoms with Gasteiger partial charge in [0.15, 0.2) is 0 Å². The van der Waals surface area contributed by atoms with Crippen LogP contribution in [0, 0.1) is 17.8 Å². The van der Waals surface area contributed by atoms with Gasteiger partial charge in [-0.05, 0) is 61.2 Å². The van der Waals surface area contributed by atoms with E-state index in [0.717, 1.165) is 35.5 Å². The topological polar surface area (TPSA) is 53.4 Å². The Hall–Kier alpha value is -3.36. The Morgan fingerprint density at radius 3 is 2.34 bits per heavy atom. The molecule has 1 heterocycles. The lowest BCUT2D eigenvalue weighted by atomic mass is 9.96. The lowest BCUT2D eigenvalue weighted by Crippen LogP contribution is -2.08. The third-order valence-electron chi connectivity index (χ3n) is 5.10. The second-order valence-corrected chi connectivity index (χ2v) is 8.05. The SMILES string of the molecule is COCCn1cncc1COc1ccc(C#Cc2ccc(CC(C)CC(C)=O)cc2)cc1. The zero-order valence-electron chi connectivity index (χ0n) is 19.0. The molecule has 0 saturated heterocycles. The number of ether oxygens (including phenoxy) is 2. The number of carbonyl (C=O) groups is 1. The molecule has 0 saturated carbocycles. The molecule has 3 aromatic rings. The normalized spacial score (nSPS) is 11.5. The van der Waals surface area contributed by atoms with Crippen molar-refractivity contribution in [2.24, 2.45) is 5.92 Å². The summed E-state index contributed by atoms with van der Waals surface area (Å²) in [6.45, 7) is 5.60. The number of benzene rings is 2. The predicted molar refractivity (Wildman–Crippen MR) is 125 cm³/mol. The van der Waals surface area contributed by atoms with E-state index in [9.17, 15) is 4.79 Å². The highest BCUT2D eigenvalue weighted by atomic mass is 16.5. The highest BCUT2D eigenvalue weighted by Gasteiger charge is 2.06. The van der Waals surface area contributed by atoms with E-state index < -0.39 is 0 Å². The van der Waals surface area contributed by atoms with Gasteiger partial charge in [0.1, 0.15) is 18.1 Å². The number of imidazole rings is 1. The van der Waals surface area contributed by atoms with Crippen molar-refractivity contribution in [2.45, 2.75) is 39.8 Å². The molecule has 0 aliphatic heterocycles. The fraction of sp³-hybridized carbons (Fsp3) is 0.333. The fourth-order valence-corrected chi connectivity index (χ4v) is 3.48. The van der Waals surface area contributed by atoms with Gasteiger partial charge in [0.25, 0.3) is 0 Å². The van der Waals surface area contributed by atoms with Gasteiger partial charge in [-0.1, -0.05) is 30.9 Å². The van der Waals surface area contributed by atoms with Crippen molar-refractivity contribution < 1.29 is 14.3 Å². The van der Waals surface area contributed by atoms with E-state index in [-0.39, 0.29) is 5.78 Å². The summed E-state index contributed by atoms with van der Waals surface area (Å²) in [5.41, 5.74) is 4.14. The summed E-state index contributed by atoms with van der Waals surface area (Å²) >= 11 is 0. The van der Waals surface area contributed by atoms with Gasteiger partial charge in [-0.2, -0.15) is 0 Å². The van der Waals surface area contributed by atoms with Crippen LogP contribution in [-0.4, -0.2) is 29.1 Å². The largest absolute Gasteiger partial charge is 0.487 e. The average Bonchev–Trinajstić information content (AvgIpc) is 3.23. The minimum Gasteiger partial charge on any atom is -0.487 e. The van der Waals surface area contributed by atoms with E-state index in [4.69, 9.17) is 9.47 Å². The van der Waals surface area contributed by atoms with Gasteiger partial charge < -0.3 is 18.8 Å². The van der Waals surface area contributed by atoms with Gasteiger partial charge in [-0.3, -0.25) is 0 Å². The molecule has 0 radical (unpaired) electrons. The molecule has 1 atom stereocenters. The van der Waals surface area contributed by atoms with Crippen molar-refractivity contribution >= 4 is 5.78 Å². The van der Waals surface area contributed by atoms with Crippen LogP contribution in [0.3, 0.4) is 0 Å². The van der Waals surface area contributed by atoms with Gasteiger partial charge in [-0.25, -0.2) is 4.98 Å². The number of aromatic nitrogens is 2. The lowest BCUT2D eigenvalue weighted by molar-refractivity contribution is -0.117. The van der Waals surface area contributed by atoms with Crippen LogP contribution in [0.5, 0.6) is 5.75 Å². The van der Waals surface area contributed by atoms with Crippen LogP contribution >= 0.6 is 0 Å². The molecule has 0 aliphatic carbocycles. The van der Waals surface area contributed by atoms with E-state index in [1.807, 2.05) is 47.2 Å². The molecule has 5 nitrogen and oxygen atoms in total. The molecule has 0 amide bonds. The molecule has 166 valence electrons. The number of methoxy groups -OCH3 is 1. The smallest absolute Gasteiger partial charge is 0.130 e. The average molecular weight is 431 g/mol. The Morgan fingerprint density at radius 1 is 1.06 bits per heavy atom. The quantitative estimate of drug-likeness (QED) is 0.439. The van der Waals surface area contributed by atoms with Crippen molar-refractivity contribution in [3.63, 3.8) is 0 Å². The van der Waals surface area contributed by atoms with Crippen LogP contribution in [0.25, 0.3) is 0 Å².